The largest absolute Gasteiger partial charge is 0.271 e. The van der Waals surface area contributed by atoms with Crippen molar-refractivity contribution in [3.8, 4) is 0 Å². The molecule has 0 saturated carbocycles. The highest BCUT2D eigenvalue weighted by molar-refractivity contribution is 8.19. The van der Waals surface area contributed by atoms with Crippen LogP contribution in [0.5, 0.6) is 0 Å². The number of aliphatic imine (C=N–C) groups is 1. The third kappa shape index (κ3) is 4.64. The van der Waals surface area contributed by atoms with E-state index in [2.05, 4.69) is 6.07 Å². The molecule has 3 nitrogen and oxygen atoms in total. The molecule has 0 aromatic heterocycles. The maximum atomic E-state index is 14.4. The molecule has 1 heterocycles. The second kappa shape index (κ2) is 8.93. The molecule has 0 radical (unpaired) electrons. The molecule has 1 aliphatic heterocycles. The maximum absolute atomic E-state index is 14.4. The molecule has 1 fully saturated rings. The number of nitrogens with zero attached hydrogens (tertiary/aromatic N) is 2. The summed E-state index contributed by atoms with van der Waals surface area (Å²) < 4.78 is 14.4. The summed E-state index contributed by atoms with van der Waals surface area (Å²) in [5.74, 6) is -0.738. The average Bonchev–Trinajstić information content (AvgIpc) is 2.98. The number of rotatable bonds is 3. The second-order valence-electron chi connectivity index (χ2n) is 7.97. The van der Waals surface area contributed by atoms with Gasteiger partial charge < -0.3 is 0 Å². The lowest BCUT2D eigenvalue weighted by molar-refractivity contribution is -0.113. The molecule has 0 bridgehead atoms. The monoisotopic (exact) mass is 464 g/mol. The molecule has 1 aliphatic rings. The van der Waals surface area contributed by atoms with E-state index in [1.54, 1.807) is 11.0 Å². The number of halogens is 2. The van der Waals surface area contributed by atoms with E-state index in [1.807, 2.05) is 58.0 Å². The lowest BCUT2D eigenvalue weighted by atomic mass is 10.1. The molecule has 6 heteroatoms. The van der Waals surface area contributed by atoms with Crippen molar-refractivity contribution in [2.75, 3.05) is 4.90 Å². The fourth-order valence-electron chi connectivity index (χ4n) is 3.76. The van der Waals surface area contributed by atoms with Crippen LogP contribution in [-0.4, -0.2) is 11.1 Å². The third-order valence-corrected chi connectivity index (χ3v) is 6.28. The summed E-state index contributed by atoms with van der Waals surface area (Å²) in [4.78, 5) is 20.2. The Morgan fingerprint density at radius 1 is 0.938 bits per heavy atom. The minimum atomic E-state index is -0.476. The van der Waals surface area contributed by atoms with Crippen molar-refractivity contribution in [3.63, 3.8) is 0 Å². The molecule has 1 amide bonds. The number of aryl methyl sites for hydroxylation is 4. The highest BCUT2D eigenvalue weighted by Gasteiger charge is 2.35. The van der Waals surface area contributed by atoms with Crippen LogP contribution < -0.4 is 4.90 Å². The number of benzene rings is 3. The van der Waals surface area contributed by atoms with E-state index in [-0.39, 0.29) is 16.5 Å². The van der Waals surface area contributed by atoms with Crippen LogP contribution in [0.3, 0.4) is 0 Å². The number of anilines is 1. The van der Waals surface area contributed by atoms with Gasteiger partial charge >= 0.3 is 0 Å². The molecule has 0 N–H and O–H groups in total. The average molecular weight is 465 g/mol. The molecule has 0 spiro atoms. The summed E-state index contributed by atoms with van der Waals surface area (Å²) in [5.41, 5.74) is 5.94. The highest BCUT2D eigenvalue weighted by Crippen LogP contribution is 2.39. The number of hydrogen-bond acceptors (Lipinski definition) is 3. The minimum absolute atomic E-state index is 0.193. The maximum Gasteiger partial charge on any atom is 0.271 e. The molecule has 0 unspecified atom stereocenters. The SMILES string of the molecule is Cc1cc(C)cc(N=C2SC(=Cc3c(F)cccc3Cl)C(=O)N2c2cc(C)cc(C)c2)c1. The summed E-state index contributed by atoms with van der Waals surface area (Å²) >= 11 is 7.42. The predicted octanol–water partition coefficient (Wildman–Crippen LogP) is 7.52. The quantitative estimate of drug-likeness (QED) is 0.375. The molecular formula is C26H22ClFN2OS. The first-order valence-electron chi connectivity index (χ1n) is 10.1. The first kappa shape index (κ1) is 22.3. The molecular weight excluding hydrogens is 443 g/mol. The Morgan fingerprint density at radius 3 is 2.12 bits per heavy atom. The van der Waals surface area contributed by atoms with Gasteiger partial charge in [-0.1, -0.05) is 29.8 Å². The van der Waals surface area contributed by atoms with Gasteiger partial charge in [0.2, 0.25) is 0 Å². The van der Waals surface area contributed by atoms with Crippen molar-refractivity contribution >= 4 is 51.9 Å². The van der Waals surface area contributed by atoms with Crippen molar-refractivity contribution in [1.82, 2.24) is 0 Å². The Morgan fingerprint density at radius 2 is 1.53 bits per heavy atom. The van der Waals surface area contributed by atoms with Crippen molar-refractivity contribution in [1.29, 1.82) is 0 Å². The number of thioether (sulfide) groups is 1. The van der Waals surface area contributed by atoms with Gasteiger partial charge in [0.15, 0.2) is 5.17 Å². The van der Waals surface area contributed by atoms with Gasteiger partial charge in [-0.15, -0.1) is 0 Å². The van der Waals surface area contributed by atoms with Crippen LogP contribution in [0.15, 0.2) is 64.5 Å². The van der Waals surface area contributed by atoms with E-state index in [9.17, 15) is 9.18 Å². The topological polar surface area (TPSA) is 32.7 Å². The Kier molecular flexibility index (Phi) is 6.22. The van der Waals surface area contributed by atoms with Crippen LogP contribution in [-0.2, 0) is 4.79 Å². The summed E-state index contributed by atoms with van der Waals surface area (Å²) in [6.45, 7) is 8.00. The van der Waals surface area contributed by atoms with Crippen LogP contribution in [0.1, 0.15) is 27.8 Å². The van der Waals surface area contributed by atoms with Crippen molar-refractivity contribution < 1.29 is 9.18 Å². The molecule has 162 valence electrons. The molecule has 4 rings (SSSR count). The summed E-state index contributed by atoms with van der Waals surface area (Å²) in [5, 5.41) is 0.771. The summed E-state index contributed by atoms with van der Waals surface area (Å²) in [6, 6.07) is 16.4. The van der Waals surface area contributed by atoms with Gasteiger partial charge in [-0.25, -0.2) is 9.38 Å². The van der Waals surface area contributed by atoms with Crippen LogP contribution in [0, 0.1) is 33.5 Å². The zero-order valence-electron chi connectivity index (χ0n) is 18.2. The van der Waals surface area contributed by atoms with Gasteiger partial charge in [0, 0.05) is 5.56 Å². The fraction of sp³-hybridized carbons (Fsp3) is 0.154. The van der Waals surface area contributed by atoms with E-state index in [4.69, 9.17) is 16.6 Å². The first-order valence-corrected chi connectivity index (χ1v) is 11.3. The van der Waals surface area contributed by atoms with Crippen molar-refractivity contribution in [2.45, 2.75) is 27.7 Å². The molecule has 0 atom stereocenters. The Bertz CT molecular complexity index is 1240. The van der Waals surface area contributed by atoms with Gasteiger partial charge in [-0.05, 0) is 104 Å². The van der Waals surface area contributed by atoms with Gasteiger partial charge in [0.25, 0.3) is 5.91 Å². The Labute approximate surface area is 196 Å². The van der Waals surface area contributed by atoms with E-state index < -0.39 is 5.82 Å². The number of hydrogen-bond donors (Lipinski definition) is 0. The molecule has 1 saturated heterocycles. The molecule has 0 aliphatic carbocycles. The van der Waals surface area contributed by atoms with Gasteiger partial charge in [-0.2, -0.15) is 0 Å². The van der Waals surface area contributed by atoms with E-state index in [0.717, 1.165) is 33.6 Å². The summed E-state index contributed by atoms with van der Waals surface area (Å²) in [6.07, 6.45) is 1.50. The smallest absolute Gasteiger partial charge is 0.268 e. The standard InChI is InChI=1S/C26H22ClFN2OS/c1-15-8-16(2)11-19(10-15)29-26-30(20-12-17(3)9-18(4)13-20)25(31)24(32-26)14-21-22(27)6-5-7-23(21)28/h5-14H,1-4H3. The number of amides is 1. The Hall–Kier alpha value is -2.89. The zero-order valence-corrected chi connectivity index (χ0v) is 19.8. The number of carbonyl (C=O) groups excluding carboxylic acids is 1. The minimum Gasteiger partial charge on any atom is -0.268 e. The van der Waals surface area contributed by atoms with Crippen LogP contribution in [0.4, 0.5) is 15.8 Å². The second-order valence-corrected chi connectivity index (χ2v) is 9.39. The lowest BCUT2D eigenvalue weighted by Crippen LogP contribution is -2.28. The van der Waals surface area contributed by atoms with Crippen LogP contribution in [0.2, 0.25) is 5.02 Å². The van der Waals surface area contributed by atoms with Gasteiger partial charge in [0.05, 0.1) is 21.3 Å². The van der Waals surface area contributed by atoms with E-state index >= 15 is 0 Å². The fourth-order valence-corrected chi connectivity index (χ4v) is 4.96. The van der Waals surface area contributed by atoms with E-state index in [0.29, 0.717) is 10.1 Å². The molecule has 3 aromatic rings. The number of carbonyl (C=O) groups is 1. The third-order valence-electron chi connectivity index (χ3n) is 4.98. The van der Waals surface area contributed by atoms with Gasteiger partial charge in [0.1, 0.15) is 5.82 Å². The first-order chi connectivity index (χ1) is 15.2. The van der Waals surface area contributed by atoms with Crippen LogP contribution >= 0.6 is 23.4 Å². The van der Waals surface area contributed by atoms with Crippen molar-refractivity contribution in [3.05, 3.63) is 98.2 Å². The predicted molar refractivity (Wildman–Crippen MR) is 133 cm³/mol. The zero-order chi connectivity index (χ0) is 23.0. The molecule has 3 aromatic carbocycles. The normalized spacial score (nSPS) is 16.4. The number of amidine groups is 1. The lowest BCUT2D eigenvalue weighted by Gasteiger charge is -2.17. The van der Waals surface area contributed by atoms with E-state index in [1.165, 1.54) is 30.0 Å². The summed E-state index contributed by atoms with van der Waals surface area (Å²) in [7, 11) is 0. The highest BCUT2D eigenvalue weighted by atomic mass is 35.5. The van der Waals surface area contributed by atoms with Crippen LogP contribution in [0.25, 0.3) is 6.08 Å². The van der Waals surface area contributed by atoms with Crippen molar-refractivity contribution in [2.24, 2.45) is 4.99 Å². The molecule has 32 heavy (non-hydrogen) atoms. The van der Waals surface area contributed by atoms with Gasteiger partial charge in [-0.3, -0.25) is 9.69 Å². The Balaban J connectivity index is 1.86.